The number of amides is 2. The highest BCUT2D eigenvalue weighted by Gasteiger charge is 2.33. The van der Waals surface area contributed by atoms with E-state index in [1.807, 2.05) is 74.5 Å². The first kappa shape index (κ1) is 30.5. The van der Waals surface area contributed by atoms with Gasteiger partial charge in [0.25, 0.3) is 0 Å². The summed E-state index contributed by atoms with van der Waals surface area (Å²) in [5.74, 6) is -0.646. The minimum atomic E-state index is -3.91. The molecule has 0 bridgehead atoms. The summed E-state index contributed by atoms with van der Waals surface area (Å²) in [7, 11) is -3.91. The van der Waals surface area contributed by atoms with Crippen LogP contribution in [0.1, 0.15) is 25.0 Å². The van der Waals surface area contributed by atoms with Gasteiger partial charge in [-0.3, -0.25) is 13.9 Å². The molecule has 0 aliphatic carbocycles. The van der Waals surface area contributed by atoms with Gasteiger partial charge in [0.1, 0.15) is 12.6 Å². The van der Waals surface area contributed by atoms with Crippen LogP contribution in [-0.4, -0.2) is 50.5 Å². The Morgan fingerprint density at radius 3 is 1.92 bits per heavy atom. The van der Waals surface area contributed by atoms with Crippen molar-refractivity contribution >= 4 is 50.7 Å². The number of nitrogens with one attached hydrogen (secondary N) is 1. The number of carbonyl (C=O) groups is 2. The quantitative estimate of drug-likeness (QED) is 0.315. The fourth-order valence-electron chi connectivity index (χ4n) is 4.05. The molecule has 0 fully saturated rings. The maximum absolute atomic E-state index is 14.0. The SMILES string of the molecule is CC(C)CNC(=O)[C@H](Cc1ccccc1)N(Cc1ccccc1)C(=O)CN(c1cc(Cl)cc(Cl)c1)S(C)(=O)=O. The van der Waals surface area contributed by atoms with Gasteiger partial charge in [-0.1, -0.05) is 97.7 Å². The molecular weight excluding hydrogens is 557 g/mol. The maximum atomic E-state index is 14.0. The van der Waals surface area contributed by atoms with E-state index in [2.05, 4.69) is 5.32 Å². The van der Waals surface area contributed by atoms with Crippen molar-refractivity contribution in [1.82, 2.24) is 10.2 Å². The second-order valence-electron chi connectivity index (χ2n) is 9.75. The highest BCUT2D eigenvalue weighted by Crippen LogP contribution is 2.27. The predicted molar refractivity (Wildman–Crippen MR) is 157 cm³/mol. The molecule has 3 rings (SSSR count). The molecule has 208 valence electrons. The van der Waals surface area contributed by atoms with E-state index in [1.165, 1.54) is 23.1 Å². The van der Waals surface area contributed by atoms with Crippen LogP contribution in [0.5, 0.6) is 0 Å². The lowest BCUT2D eigenvalue weighted by molar-refractivity contribution is -0.140. The average molecular weight is 591 g/mol. The van der Waals surface area contributed by atoms with E-state index < -0.39 is 28.5 Å². The van der Waals surface area contributed by atoms with Gasteiger partial charge < -0.3 is 10.2 Å². The van der Waals surface area contributed by atoms with E-state index >= 15 is 0 Å². The van der Waals surface area contributed by atoms with Crippen LogP contribution in [0, 0.1) is 5.92 Å². The number of hydrogen-bond acceptors (Lipinski definition) is 4. The Morgan fingerprint density at radius 1 is 0.872 bits per heavy atom. The molecule has 7 nitrogen and oxygen atoms in total. The number of nitrogens with zero attached hydrogens (tertiary/aromatic N) is 2. The van der Waals surface area contributed by atoms with Crippen molar-refractivity contribution in [2.24, 2.45) is 5.92 Å². The molecule has 0 heterocycles. The molecule has 0 radical (unpaired) electrons. The number of halogens is 2. The van der Waals surface area contributed by atoms with Crippen LogP contribution in [0.25, 0.3) is 0 Å². The van der Waals surface area contributed by atoms with Gasteiger partial charge in [0.15, 0.2) is 0 Å². The summed E-state index contributed by atoms with van der Waals surface area (Å²) < 4.78 is 26.6. The van der Waals surface area contributed by atoms with Crippen LogP contribution in [0.3, 0.4) is 0 Å². The Kier molecular flexibility index (Phi) is 10.8. The van der Waals surface area contributed by atoms with Gasteiger partial charge in [-0.15, -0.1) is 0 Å². The van der Waals surface area contributed by atoms with Crippen molar-refractivity contribution in [1.29, 1.82) is 0 Å². The van der Waals surface area contributed by atoms with Gasteiger partial charge in [0.05, 0.1) is 11.9 Å². The van der Waals surface area contributed by atoms with Crippen LogP contribution in [0.2, 0.25) is 10.0 Å². The molecule has 0 saturated carbocycles. The Hall–Kier alpha value is -3.07. The largest absolute Gasteiger partial charge is 0.354 e. The smallest absolute Gasteiger partial charge is 0.244 e. The molecule has 0 aromatic heterocycles. The van der Waals surface area contributed by atoms with Crippen molar-refractivity contribution in [2.75, 3.05) is 23.7 Å². The number of rotatable bonds is 12. The lowest BCUT2D eigenvalue weighted by Crippen LogP contribution is -2.53. The first-order chi connectivity index (χ1) is 18.4. The van der Waals surface area contributed by atoms with E-state index in [0.29, 0.717) is 6.54 Å². The molecule has 1 atom stereocenters. The number of hydrogen-bond donors (Lipinski definition) is 1. The first-order valence-electron chi connectivity index (χ1n) is 12.5. The van der Waals surface area contributed by atoms with Gasteiger partial charge in [-0.25, -0.2) is 8.42 Å². The summed E-state index contributed by atoms with van der Waals surface area (Å²) in [6, 6.07) is 22.1. The summed E-state index contributed by atoms with van der Waals surface area (Å²) in [4.78, 5) is 29.0. The van der Waals surface area contributed by atoms with Crippen molar-refractivity contribution in [3.63, 3.8) is 0 Å². The standard InChI is InChI=1S/C29H33Cl2N3O4S/c1-21(2)18-32-29(36)27(14-22-10-6-4-7-11-22)33(19-23-12-8-5-9-13-23)28(35)20-34(39(3,37)38)26-16-24(30)15-25(31)17-26/h4-13,15-17,21,27H,14,18-20H2,1-3H3,(H,32,36)/t27-/m0/s1. The Labute approximate surface area is 240 Å². The molecular formula is C29H33Cl2N3O4S. The molecule has 0 saturated heterocycles. The third-order valence-corrected chi connectivity index (χ3v) is 7.54. The van der Waals surface area contributed by atoms with E-state index in [1.54, 1.807) is 0 Å². The van der Waals surface area contributed by atoms with Crippen molar-refractivity contribution in [3.05, 3.63) is 100 Å². The second-order valence-corrected chi connectivity index (χ2v) is 12.5. The summed E-state index contributed by atoms with van der Waals surface area (Å²) in [6.45, 7) is 3.98. The molecule has 2 amide bonds. The lowest BCUT2D eigenvalue weighted by atomic mass is 10.0. The van der Waals surface area contributed by atoms with Crippen LogP contribution in [-0.2, 0) is 32.6 Å². The third-order valence-electron chi connectivity index (χ3n) is 5.97. The van der Waals surface area contributed by atoms with Crippen LogP contribution in [0.15, 0.2) is 78.9 Å². The van der Waals surface area contributed by atoms with Crippen LogP contribution < -0.4 is 9.62 Å². The van der Waals surface area contributed by atoms with Gasteiger partial charge in [-0.05, 0) is 35.2 Å². The molecule has 0 aliphatic heterocycles. The number of anilines is 1. The monoisotopic (exact) mass is 589 g/mol. The van der Waals surface area contributed by atoms with Gasteiger partial charge in [0, 0.05) is 29.6 Å². The van der Waals surface area contributed by atoms with Crippen molar-refractivity contribution < 1.29 is 18.0 Å². The molecule has 0 aliphatic rings. The minimum absolute atomic E-state index is 0.111. The highest BCUT2D eigenvalue weighted by molar-refractivity contribution is 7.92. The molecule has 0 spiro atoms. The Balaban J connectivity index is 2.04. The predicted octanol–water partition coefficient (Wildman–Crippen LogP) is 5.17. The van der Waals surface area contributed by atoms with E-state index in [4.69, 9.17) is 23.2 Å². The summed E-state index contributed by atoms with van der Waals surface area (Å²) >= 11 is 12.3. The molecule has 10 heteroatoms. The van der Waals surface area contributed by atoms with Crippen molar-refractivity contribution in [3.8, 4) is 0 Å². The zero-order valence-electron chi connectivity index (χ0n) is 22.2. The topological polar surface area (TPSA) is 86.8 Å². The van der Waals surface area contributed by atoms with Crippen molar-refractivity contribution in [2.45, 2.75) is 32.9 Å². The average Bonchev–Trinajstić information content (AvgIpc) is 2.87. The Morgan fingerprint density at radius 2 is 1.41 bits per heavy atom. The van der Waals surface area contributed by atoms with Gasteiger partial charge in [0.2, 0.25) is 21.8 Å². The molecule has 3 aromatic rings. The first-order valence-corrected chi connectivity index (χ1v) is 15.1. The molecule has 0 unspecified atom stereocenters. The molecule has 1 N–H and O–H groups in total. The number of carbonyl (C=O) groups excluding carboxylic acids is 2. The molecule has 3 aromatic carbocycles. The zero-order valence-corrected chi connectivity index (χ0v) is 24.5. The third kappa shape index (κ3) is 9.27. The van der Waals surface area contributed by atoms with Crippen LogP contribution >= 0.6 is 23.2 Å². The van der Waals surface area contributed by atoms with E-state index in [9.17, 15) is 18.0 Å². The number of benzene rings is 3. The number of sulfonamides is 1. The van der Waals surface area contributed by atoms with E-state index in [0.717, 1.165) is 21.7 Å². The fourth-order valence-corrected chi connectivity index (χ4v) is 5.40. The fraction of sp³-hybridized carbons (Fsp3) is 0.310. The van der Waals surface area contributed by atoms with Gasteiger partial charge in [-0.2, -0.15) is 0 Å². The summed E-state index contributed by atoms with van der Waals surface area (Å²) in [6.07, 6.45) is 1.26. The summed E-state index contributed by atoms with van der Waals surface area (Å²) in [5, 5.41) is 3.42. The van der Waals surface area contributed by atoms with Crippen LogP contribution in [0.4, 0.5) is 5.69 Å². The minimum Gasteiger partial charge on any atom is -0.354 e. The highest BCUT2D eigenvalue weighted by atomic mass is 35.5. The second kappa shape index (κ2) is 13.8. The lowest BCUT2D eigenvalue weighted by Gasteiger charge is -2.33. The zero-order chi connectivity index (χ0) is 28.6. The Bertz CT molecular complexity index is 1350. The molecule has 39 heavy (non-hydrogen) atoms. The van der Waals surface area contributed by atoms with Gasteiger partial charge >= 0.3 is 0 Å². The normalized spacial score (nSPS) is 12.2. The maximum Gasteiger partial charge on any atom is 0.244 e. The summed E-state index contributed by atoms with van der Waals surface area (Å²) in [5.41, 5.74) is 1.83. The van der Waals surface area contributed by atoms with E-state index in [-0.39, 0.29) is 40.5 Å².